The van der Waals surface area contributed by atoms with Gasteiger partial charge in [0.15, 0.2) is 6.10 Å². The van der Waals surface area contributed by atoms with Gasteiger partial charge in [-0.3, -0.25) is 14.4 Å². The molecule has 1 unspecified atom stereocenters. The molecule has 0 aliphatic carbocycles. The summed E-state index contributed by atoms with van der Waals surface area (Å²) in [5.74, 6) is -0.887. The maximum atomic E-state index is 12.9. The van der Waals surface area contributed by atoms with Crippen molar-refractivity contribution in [3.63, 3.8) is 0 Å². The van der Waals surface area contributed by atoms with Crippen LogP contribution in [-0.2, 0) is 28.6 Å². The van der Waals surface area contributed by atoms with E-state index in [9.17, 15) is 14.4 Å². The second kappa shape index (κ2) is 67.1. The fourth-order valence-electron chi connectivity index (χ4n) is 9.80. The van der Waals surface area contributed by atoms with Gasteiger partial charge in [-0.1, -0.05) is 311 Å². The predicted octanol–water partition coefficient (Wildman–Crippen LogP) is 23.4. The number of hydrogen-bond acceptors (Lipinski definition) is 6. The van der Waals surface area contributed by atoms with Gasteiger partial charge in [-0.05, 0) is 96.3 Å². The molecule has 6 nitrogen and oxygen atoms in total. The molecule has 0 heterocycles. The number of allylic oxidation sites excluding steroid dienone is 14. The zero-order chi connectivity index (χ0) is 57.1. The van der Waals surface area contributed by atoms with Gasteiger partial charge in [0.25, 0.3) is 0 Å². The van der Waals surface area contributed by atoms with E-state index in [4.69, 9.17) is 14.2 Å². The summed E-state index contributed by atoms with van der Waals surface area (Å²) >= 11 is 0. The fourth-order valence-corrected chi connectivity index (χ4v) is 9.80. The first kappa shape index (κ1) is 75.6. The molecule has 0 aliphatic heterocycles. The molecule has 79 heavy (non-hydrogen) atoms. The van der Waals surface area contributed by atoms with E-state index in [0.29, 0.717) is 19.3 Å². The van der Waals surface area contributed by atoms with Gasteiger partial charge in [0.1, 0.15) is 13.2 Å². The van der Waals surface area contributed by atoms with Crippen LogP contribution < -0.4 is 0 Å². The van der Waals surface area contributed by atoms with Crippen LogP contribution in [0.2, 0.25) is 0 Å². The molecule has 0 spiro atoms. The lowest BCUT2D eigenvalue weighted by atomic mass is 10.0. The highest BCUT2D eigenvalue weighted by Gasteiger charge is 2.19. The van der Waals surface area contributed by atoms with Gasteiger partial charge in [-0.2, -0.15) is 0 Å². The third-order valence-corrected chi connectivity index (χ3v) is 14.9. The maximum Gasteiger partial charge on any atom is 0.306 e. The Balaban J connectivity index is 4.37. The summed E-state index contributed by atoms with van der Waals surface area (Å²) in [5.41, 5.74) is 0. The van der Waals surface area contributed by atoms with E-state index in [1.54, 1.807) is 0 Å². The lowest BCUT2D eigenvalue weighted by molar-refractivity contribution is -0.167. The molecule has 0 aromatic rings. The lowest BCUT2D eigenvalue weighted by Gasteiger charge is -2.18. The molecule has 0 rings (SSSR count). The Morgan fingerprint density at radius 2 is 0.494 bits per heavy atom. The Labute approximate surface area is 490 Å². The van der Waals surface area contributed by atoms with Gasteiger partial charge >= 0.3 is 17.9 Å². The first-order valence-corrected chi connectivity index (χ1v) is 34.1. The molecular formula is C73H128O6. The minimum absolute atomic E-state index is 0.0825. The Morgan fingerprint density at radius 1 is 0.266 bits per heavy atom. The molecule has 0 aromatic heterocycles. The van der Waals surface area contributed by atoms with Crippen molar-refractivity contribution in [3.8, 4) is 0 Å². The van der Waals surface area contributed by atoms with Crippen molar-refractivity contribution in [1.29, 1.82) is 0 Å². The minimum atomic E-state index is -0.787. The maximum absolute atomic E-state index is 12.9. The summed E-state index contributed by atoms with van der Waals surface area (Å²) in [6, 6.07) is 0. The monoisotopic (exact) mass is 1100 g/mol. The molecule has 456 valence electrons. The van der Waals surface area contributed by atoms with Gasteiger partial charge in [0, 0.05) is 19.3 Å². The Hall–Kier alpha value is -3.41. The van der Waals surface area contributed by atoms with Crippen LogP contribution in [0, 0.1) is 0 Å². The van der Waals surface area contributed by atoms with E-state index in [2.05, 4.69) is 106 Å². The highest BCUT2D eigenvalue weighted by molar-refractivity contribution is 5.71. The van der Waals surface area contributed by atoms with Crippen molar-refractivity contribution < 1.29 is 28.6 Å². The summed E-state index contributed by atoms with van der Waals surface area (Å²) in [6.45, 7) is 6.55. The normalized spacial score (nSPS) is 12.6. The second-order valence-electron chi connectivity index (χ2n) is 22.7. The summed E-state index contributed by atoms with van der Waals surface area (Å²) in [6.07, 6.45) is 88.8. The van der Waals surface area contributed by atoms with E-state index >= 15 is 0 Å². The van der Waals surface area contributed by atoms with Gasteiger partial charge < -0.3 is 14.2 Å². The van der Waals surface area contributed by atoms with E-state index in [1.165, 1.54) is 186 Å². The summed E-state index contributed by atoms with van der Waals surface area (Å²) in [7, 11) is 0. The Morgan fingerprint density at radius 3 is 0.785 bits per heavy atom. The summed E-state index contributed by atoms with van der Waals surface area (Å²) < 4.78 is 17.0. The zero-order valence-electron chi connectivity index (χ0n) is 52.4. The first-order chi connectivity index (χ1) is 39.0. The topological polar surface area (TPSA) is 78.9 Å². The van der Waals surface area contributed by atoms with Crippen LogP contribution in [0.3, 0.4) is 0 Å². The quantitative estimate of drug-likeness (QED) is 0.0261. The third kappa shape index (κ3) is 65.3. The zero-order valence-corrected chi connectivity index (χ0v) is 52.4. The van der Waals surface area contributed by atoms with Crippen LogP contribution in [0.1, 0.15) is 342 Å². The number of esters is 3. The van der Waals surface area contributed by atoms with Crippen molar-refractivity contribution >= 4 is 17.9 Å². The number of carbonyl (C=O) groups excluding carboxylic acids is 3. The van der Waals surface area contributed by atoms with Crippen molar-refractivity contribution in [2.24, 2.45) is 0 Å². The smallest absolute Gasteiger partial charge is 0.306 e. The van der Waals surface area contributed by atoms with Crippen LogP contribution in [0.4, 0.5) is 0 Å². The largest absolute Gasteiger partial charge is 0.462 e. The first-order valence-electron chi connectivity index (χ1n) is 34.1. The number of unbranched alkanes of at least 4 members (excludes halogenated alkanes) is 37. The van der Waals surface area contributed by atoms with Gasteiger partial charge in [-0.15, -0.1) is 0 Å². The Bertz CT molecular complexity index is 1500. The SMILES string of the molecule is CC/C=C\C/C=C\C/C=C\C/C=C\C/C=C\C/C=C\CCCCCCCCC(=O)OCC(COC(=O)CCCCCCC/C=C\CCCCCCCC)OC(=O)CCCCCCCCCCCCCCCCCCCCCCC. The number of carbonyl (C=O) groups is 3. The average Bonchev–Trinajstić information content (AvgIpc) is 3.45. The highest BCUT2D eigenvalue weighted by Crippen LogP contribution is 2.17. The minimum Gasteiger partial charge on any atom is -0.462 e. The van der Waals surface area contributed by atoms with Gasteiger partial charge in [0.05, 0.1) is 0 Å². The average molecular weight is 1100 g/mol. The molecule has 0 radical (unpaired) electrons. The lowest BCUT2D eigenvalue weighted by Crippen LogP contribution is -2.30. The number of hydrogen-bond donors (Lipinski definition) is 0. The van der Waals surface area contributed by atoms with Crippen molar-refractivity contribution in [1.82, 2.24) is 0 Å². The van der Waals surface area contributed by atoms with Crippen LogP contribution >= 0.6 is 0 Å². The molecule has 0 fully saturated rings. The standard InChI is InChI=1S/C73H128O6/c1-4-7-10-13-16-19-22-25-28-30-32-34-35-36-37-39-40-42-45-48-51-54-57-60-63-66-72(75)78-69-70(68-77-71(74)65-62-59-56-53-50-47-44-27-24-21-18-15-12-9-6-3)79-73(76)67-64-61-58-55-52-49-46-43-41-38-33-31-29-26-23-20-17-14-11-8-5-2/h7,10,16,19,25,27-28,32,34,36-37,40,42,44,70H,4-6,8-9,11-15,17-18,20-24,26,29-31,33,35,38-39,41,43,45-69H2,1-3H3/b10-7-,19-16-,28-25-,34-32-,37-36-,42-40-,44-27-. The molecule has 0 amide bonds. The molecule has 0 saturated heterocycles. The van der Waals surface area contributed by atoms with Crippen LogP contribution in [0.15, 0.2) is 85.1 Å². The third-order valence-electron chi connectivity index (χ3n) is 14.9. The molecule has 0 aromatic carbocycles. The fraction of sp³-hybridized carbons (Fsp3) is 0.767. The summed E-state index contributed by atoms with van der Waals surface area (Å²) in [4.78, 5) is 38.4. The van der Waals surface area contributed by atoms with E-state index in [1.807, 2.05) is 0 Å². The molecule has 6 heteroatoms. The molecule has 1 atom stereocenters. The number of ether oxygens (including phenoxy) is 3. The van der Waals surface area contributed by atoms with Crippen LogP contribution in [0.5, 0.6) is 0 Å². The van der Waals surface area contributed by atoms with Crippen LogP contribution in [0.25, 0.3) is 0 Å². The van der Waals surface area contributed by atoms with Gasteiger partial charge in [0.2, 0.25) is 0 Å². The van der Waals surface area contributed by atoms with Crippen molar-refractivity contribution in [3.05, 3.63) is 85.1 Å². The number of rotatable bonds is 62. The van der Waals surface area contributed by atoms with E-state index in [0.717, 1.165) is 116 Å². The molecule has 0 saturated carbocycles. The molecular weight excluding hydrogens is 973 g/mol. The summed E-state index contributed by atoms with van der Waals surface area (Å²) in [5, 5.41) is 0. The molecule has 0 bridgehead atoms. The Kier molecular flexibility index (Phi) is 64.2. The van der Waals surface area contributed by atoms with Crippen molar-refractivity contribution in [2.45, 2.75) is 348 Å². The predicted molar refractivity (Wildman–Crippen MR) is 344 cm³/mol. The van der Waals surface area contributed by atoms with Crippen LogP contribution in [-0.4, -0.2) is 37.2 Å². The van der Waals surface area contributed by atoms with Crippen molar-refractivity contribution in [2.75, 3.05) is 13.2 Å². The second-order valence-corrected chi connectivity index (χ2v) is 22.7. The highest BCUT2D eigenvalue weighted by atomic mass is 16.6. The van der Waals surface area contributed by atoms with E-state index < -0.39 is 6.10 Å². The van der Waals surface area contributed by atoms with Gasteiger partial charge in [-0.25, -0.2) is 0 Å². The molecule has 0 N–H and O–H groups in total. The molecule has 0 aliphatic rings. The van der Waals surface area contributed by atoms with E-state index in [-0.39, 0.29) is 31.1 Å².